The normalized spacial score (nSPS) is 22.0. The van der Waals surface area contributed by atoms with Crippen LogP contribution in [0.4, 0.5) is 4.79 Å². The van der Waals surface area contributed by atoms with Crippen LogP contribution in [0.5, 0.6) is 0 Å². The zero-order valence-electron chi connectivity index (χ0n) is 13.0. The molecule has 1 aromatic rings. The fourth-order valence-electron chi connectivity index (χ4n) is 3.29. The van der Waals surface area contributed by atoms with Crippen molar-refractivity contribution >= 4 is 11.9 Å². The standard InChI is InChI=1S/C15H23N5O2/c1-2-8-20-13(5-6-17-20)14(21)18-9-3-4-12(11-18)19-10-7-16-15(19)22/h5-6,12H,2-4,7-11H2,1H3,(H,16,22). The summed E-state index contributed by atoms with van der Waals surface area (Å²) in [5.74, 6) is 0.0234. The number of amides is 3. The summed E-state index contributed by atoms with van der Waals surface area (Å²) < 4.78 is 1.77. The molecule has 3 rings (SSSR count). The number of carbonyl (C=O) groups excluding carboxylic acids is 2. The Morgan fingerprint density at radius 3 is 3.05 bits per heavy atom. The molecule has 22 heavy (non-hydrogen) atoms. The third kappa shape index (κ3) is 2.80. The molecule has 120 valence electrons. The molecule has 1 aromatic heterocycles. The first-order valence-electron chi connectivity index (χ1n) is 8.06. The van der Waals surface area contributed by atoms with E-state index in [-0.39, 0.29) is 18.0 Å². The van der Waals surface area contributed by atoms with Crippen molar-refractivity contribution < 1.29 is 9.59 Å². The van der Waals surface area contributed by atoms with E-state index in [1.165, 1.54) is 0 Å². The lowest BCUT2D eigenvalue weighted by atomic mass is 10.0. The summed E-state index contributed by atoms with van der Waals surface area (Å²) in [4.78, 5) is 28.3. The molecule has 3 heterocycles. The van der Waals surface area contributed by atoms with Crippen molar-refractivity contribution in [2.45, 2.75) is 38.8 Å². The van der Waals surface area contributed by atoms with Crippen molar-refractivity contribution in [2.75, 3.05) is 26.2 Å². The average Bonchev–Trinajstić information content (AvgIpc) is 3.16. The fourth-order valence-corrected chi connectivity index (χ4v) is 3.29. The predicted octanol–water partition coefficient (Wildman–Crippen LogP) is 0.923. The summed E-state index contributed by atoms with van der Waals surface area (Å²) in [6.45, 7) is 5.62. The highest BCUT2D eigenvalue weighted by molar-refractivity contribution is 5.92. The maximum atomic E-state index is 12.7. The van der Waals surface area contributed by atoms with Crippen LogP contribution in [0.3, 0.4) is 0 Å². The Labute approximate surface area is 130 Å². The number of aromatic nitrogens is 2. The minimum Gasteiger partial charge on any atom is -0.336 e. The molecule has 7 heteroatoms. The van der Waals surface area contributed by atoms with E-state index in [0.717, 1.165) is 38.9 Å². The van der Waals surface area contributed by atoms with Crippen LogP contribution in [0.25, 0.3) is 0 Å². The van der Waals surface area contributed by atoms with Crippen molar-refractivity contribution in [3.05, 3.63) is 18.0 Å². The molecule has 1 N–H and O–H groups in total. The van der Waals surface area contributed by atoms with Crippen LogP contribution in [-0.4, -0.2) is 63.7 Å². The van der Waals surface area contributed by atoms with Crippen molar-refractivity contribution in [2.24, 2.45) is 0 Å². The van der Waals surface area contributed by atoms with Gasteiger partial charge in [-0.1, -0.05) is 6.92 Å². The number of likely N-dealkylation sites (tertiary alicyclic amines) is 1. The smallest absolute Gasteiger partial charge is 0.317 e. The van der Waals surface area contributed by atoms with E-state index in [9.17, 15) is 9.59 Å². The van der Waals surface area contributed by atoms with Gasteiger partial charge in [0.05, 0.1) is 6.04 Å². The summed E-state index contributed by atoms with van der Waals surface area (Å²) >= 11 is 0. The summed E-state index contributed by atoms with van der Waals surface area (Å²) in [6, 6.07) is 1.91. The van der Waals surface area contributed by atoms with Crippen LogP contribution in [0.15, 0.2) is 12.3 Å². The van der Waals surface area contributed by atoms with E-state index in [1.54, 1.807) is 16.9 Å². The Hall–Kier alpha value is -2.05. The molecule has 0 spiro atoms. The molecular formula is C15H23N5O2. The Kier molecular flexibility index (Phi) is 4.31. The fraction of sp³-hybridized carbons (Fsp3) is 0.667. The number of aryl methyl sites for hydroxylation is 1. The highest BCUT2D eigenvalue weighted by Crippen LogP contribution is 2.19. The first-order chi connectivity index (χ1) is 10.7. The molecule has 2 aliphatic rings. The van der Waals surface area contributed by atoms with E-state index >= 15 is 0 Å². The van der Waals surface area contributed by atoms with Gasteiger partial charge in [-0.3, -0.25) is 9.48 Å². The van der Waals surface area contributed by atoms with Gasteiger partial charge in [0, 0.05) is 38.9 Å². The van der Waals surface area contributed by atoms with Gasteiger partial charge in [-0.05, 0) is 25.3 Å². The van der Waals surface area contributed by atoms with Crippen LogP contribution in [0.2, 0.25) is 0 Å². The van der Waals surface area contributed by atoms with Gasteiger partial charge in [0.15, 0.2) is 0 Å². The van der Waals surface area contributed by atoms with Crippen LogP contribution in [0.1, 0.15) is 36.7 Å². The van der Waals surface area contributed by atoms with Gasteiger partial charge in [-0.15, -0.1) is 0 Å². The van der Waals surface area contributed by atoms with Crippen LogP contribution in [0, 0.1) is 0 Å². The highest BCUT2D eigenvalue weighted by atomic mass is 16.2. The number of urea groups is 1. The number of rotatable bonds is 4. The van der Waals surface area contributed by atoms with Gasteiger partial charge in [-0.25, -0.2) is 4.79 Å². The predicted molar refractivity (Wildman–Crippen MR) is 81.5 cm³/mol. The molecular weight excluding hydrogens is 282 g/mol. The van der Waals surface area contributed by atoms with Crippen LogP contribution >= 0.6 is 0 Å². The second-order valence-corrected chi connectivity index (χ2v) is 5.91. The second-order valence-electron chi connectivity index (χ2n) is 5.91. The minimum absolute atomic E-state index is 0.00433. The number of nitrogens with zero attached hydrogens (tertiary/aromatic N) is 4. The highest BCUT2D eigenvalue weighted by Gasteiger charge is 2.33. The Morgan fingerprint density at radius 2 is 2.32 bits per heavy atom. The number of nitrogens with one attached hydrogen (secondary N) is 1. The molecule has 1 unspecified atom stereocenters. The van der Waals surface area contributed by atoms with Gasteiger partial charge < -0.3 is 15.1 Å². The van der Waals surface area contributed by atoms with Crippen molar-refractivity contribution in [3.8, 4) is 0 Å². The summed E-state index contributed by atoms with van der Waals surface area (Å²) in [5, 5.41) is 7.06. The van der Waals surface area contributed by atoms with Gasteiger partial charge in [-0.2, -0.15) is 5.10 Å². The lowest BCUT2D eigenvalue weighted by molar-refractivity contribution is 0.0622. The van der Waals surface area contributed by atoms with Crippen molar-refractivity contribution in [1.82, 2.24) is 24.9 Å². The molecule has 0 bridgehead atoms. The topological polar surface area (TPSA) is 70.5 Å². The lowest BCUT2D eigenvalue weighted by Gasteiger charge is -2.37. The van der Waals surface area contributed by atoms with Crippen LogP contribution in [-0.2, 0) is 6.54 Å². The Morgan fingerprint density at radius 1 is 1.45 bits per heavy atom. The lowest BCUT2D eigenvalue weighted by Crippen LogP contribution is -2.51. The van der Waals surface area contributed by atoms with Gasteiger partial charge in [0.1, 0.15) is 5.69 Å². The Balaban J connectivity index is 1.70. The van der Waals surface area contributed by atoms with E-state index in [2.05, 4.69) is 17.3 Å². The maximum absolute atomic E-state index is 12.7. The monoisotopic (exact) mass is 305 g/mol. The molecule has 0 aliphatic carbocycles. The third-order valence-electron chi connectivity index (χ3n) is 4.39. The third-order valence-corrected chi connectivity index (χ3v) is 4.39. The summed E-state index contributed by atoms with van der Waals surface area (Å²) in [7, 11) is 0. The molecule has 3 amide bonds. The number of hydrogen-bond donors (Lipinski definition) is 1. The van der Waals surface area contributed by atoms with Gasteiger partial charge in [0.2, 0.25) is 0 Å². The SMILES string of the molecule is CCCn1nccc1C(=O)N1CCCC(N2CCNC2=O)C1. The maximum Gasteiger partial charge on any atom is 0.317 e. The molecule has 0 saturated carbocycles. The van der Waals surface area contributed by atoms with Crippen molar-refractivity contribution in [1.29, 1.82) is 0 Å². The summed E-state index contributed by atoms with van der Waals surface area (Å²) in [6.07, 6.45) is 4.52. The minimum atomic E-state index is -0.00433. The largest absolute Gasteiger partial charge is 0.336 e. The first kappa shape index (κ1) is 14.9. The molecule has 0 aromatic carbocycles. The zero-order chi connectivity index (χ0) is 15.5. The molecule has 0 radical (unpaired) electrons. The zero-order valence-corrected chi connectivity index (χ0v) is 13.0. The molecule has 7 nitrogen and oxygen atoms in total. The molecule has 2 saturated heterocycles. The number of carbonyl (C=O) groups is 2. The number of piperidine rings is 1. The second kappa shape index (κ2) is 6.37. The van der Waals surface area contributed by atoms with Crippen molar-refractivity contribution in [3.63, 3.8) is 0 Å². The number of hydrogen-bond acceptors (Lipinski definition) is 3. The van der Waals surface area contributed by atoms with E-state index in [0.29, 0.717) is 18.8 Å². The van der Waals surface area contributed by atoms with E-state index in [1.807, 2.05) is 9.80 Å². The van der Waals surface area contributed by atoms with Crippen LogP contribution < -0.4 is 5.32 Å². The quantitative estimate of drug-likeness (QED) is 0.899. The average molecular weight is 305 g/mol. The molecule has 2 fully saturated rings. The van der Waals surface area contributed by atoms with E-state index in [4.69, 9.17) is 0 Å². The van der Waals surface area contributed by atoms with Gasteiger partial charge in [0.25, 0.3) is 5.91 Å². The first-order valence-corrected chi connectivity index (χ1v) is 8.06. The Bertz CT molecular complexity index is 556. The van der Waals surface area contributed by atoms with E-state index < -0.39 is 0 Å². The summed E-state index contributed by atoms with van der Waals surface area (Å²) in [5.41, 5.74) is 0.647. The van der Waals surface area contributed by atoms with Gasteiger partial charge >= 0.3 is 6.03 Å². The molecule has 1 atom stereocenters. The molecule has 2 aliphatic heterocycles.